The van der Waals surface area contributed by atoms with E-state index < -0.39 is 0 Å². The lowest BCUT2D eigenvalue weighted by molar-refractivity contribution is 0.415. The number of nitrogens with zero attached hydrogens (tertiary/aromatic N) is 3. The van der Waals surface area contributed by atoms with Gasteiger partial charge < -0.3 is 19.9 Å². The molecule has 2 aromatic rings. The molecule has 0 amide bonds. The number of ether oxygens (including phenoxy) is 1. The summed E-state index contributed by atoms with van der Waals surface area (Å²) in [6, 6.07) is 14.7. The van der Waals surface area contributed by atoms with Crippen LogP contribution in [-0.2, 0) is 0 Å². The first-order chi connectivity index (χ1) is 13.1. The van der Waals surface area contributed by atoms with Gasteiger partial charge in [-0.3, -0.25) is 0 Å². The third kappa shape index (κ3) is 3.37. The van der Waals surface area contributed by atoms with Crippen LogP contribution in [0.2, 0.25) is 0 Å². The van der Waals surface area contributed by atoms with Crippen LogP contribution in [0, 0.1) is 0 Å². The average Bonchev–Trinajstić information content (AvgIpc) is 3.03. The summed E-state index contributed by atoms with van der Waals surface area (Å²) in [5.41, 5.74) is 5.48. The number of thioether (sulfide) groups is 1. The summed E-state index contributed by atoms with van der Waals surface area (Å²) in [6.45, 7) is 0.805. The second kappa shape index (κ2) is 7.19. The number of rotatable bonds is 4. The van der Waals surface area contributed by atoms with E-state index in [9.17, 15) is 0 Å². The van der Waals surface area contributed by atoms with Gasteiger partial charge in [0.05, 0.1) is 36.4 Å². The Labute approximate surface area is 164 Å². The van der Waals surface area contributed by atoms with Gasteiger partial charge in [-0.25, -0.2) is 4.99 Å². The van der Waals surface area contributed by atoms with Gasteiger partial charge in [0.2, 0.25) is 0 Å². The topological polar surface area (TPSA) is 40.1 Å². The highest BCUT2D eigenvalue weighted by atomic mass is 32.2. The fourth-order valence-corrected chi connectivity index (χ4v) is 3.93. The standard InChI is InChI=1S/C21H24N4OS/c1-24-12-18(14-5-8-16(27-4)9-6-14)22-19(13-24)21-23-17-11-15(26-3)7-10-20(17)25(21)2/h5-11,13,21,23H,12H2,1-4H3. The maximum Gasteiger partial charge on any atom is 0.144 e. The van der Waals surface area contributed by atoms with Crippen molar-refractivity contribution in [1.82, 2.24) is 4.90 Å². The monoisotopic (exact) mass is 380 g/mol. The van der Waals surface area contributed by atoms with Crippen LogP contribution in [0.15, 0.2) is 64.2 Å². The molecule has 27 heavy (non-hydrogen) atoms. The van der Waals surface area contributed by atoms with Gasteiger partial charge in [0, 0.05) is 31.3 Å². The van der Waals surface area contributed by atoms with E-state index in [1.807, 2.05) is 12.1 Å². The molecule has 140 valence electrons. The van der Waals surface area contributed by atoms with Crippen LogP contribution < -0.4 is 15.0 Å². The number of anilines is 2. The minimum atomic E-state index is -0.00433. The van der Waals surface area contributed by atoms with Gasteiger partial charge in [0.25, 0.3) is 0 Å². The lowest BCUT2D eigenvalue weighted by Gasteiger charge is -2.29. The summed E-state index contributed by atoms with van der Waals surface area (Å²) in [6.07, 6.45) is 4.21. The van der Waals surface area contributed by atoms with Crippen LogP contribution in [0.1, 0.15) is 5.56 Å². The van der Waals surface area contributed by atoms with Gasteiger partial charge in [-0.15, -0.1) is 11.8 Å². The number of benzene rings is 2. The summed E-state index contributed by atoms with van der Waals surface area (Å²) in [5.74, 6) is 0.850. The maximum atomic E-state index is 5.36. The summed E-state index contributed by atoms with van der Waals surface area (Å²) in [4.78, 5) is 10.7. The van der Waals surface area contributed by atoms with Gasteiger partial charge in [-0.1, -0.05) is 12.1 Å². The molecule has 2 heterocycles. The molecule has 6 heteroatoms. The van der Waals surface area contributed by atoms with E-state index >= 15 is 0 Å². The van der Waals surface area contributed by atoms with Gasteiger partial charge in [-0.05, 0) is 36.1 Å². The molecule has 0 aromatic heterocycles. The van der Waals surface area contributed by atoms with Gasteiger partial charge in [0.1, 0.15) is 11.9 Å². The molecule has 1 N–H and O–H groups in total. The number of fused-ring (bicyclic) bond motifs is 1. The van der Waals surface area contributed by atoms with Gasteiger partial charge >= 0.3 is 0 Å². The van der Waals surface area contributed by atoms with Crippen LogP contribution >= 0.6 is 11.8 Å². The fourth-order valence-electron chi connectivity index (χ4n) is 3.52. The number of likely N-dealkylation sites (N-methyl/N-ethyl adjacent to an activating group) is 2. The van der Waals surface area contributed by atoms with Crippen molar-refractivity contribution in [3.63, 3.8) is 0 Å². The number of aliphatic imine (C=N–C) groups is 1. The van der Waals surface area contributed by atoms with E-state index in [0.29, 0.717) is 0 Å². The lowest BCUT2D eigenvalue weighted by atomic mass is 10.1. The highest BCUT2D eigenvalue weighted by Crippen LogP contribution is 2.38. The molecule has 0 spiro atoms. The molecule has 5 nitrogen and oxygen atoms in total. The predicted molar refractivity (Wildman–Crippen MR) is 114 cm³/mol. The van der Waals surface area contributed by atoms with Crippen LogP contribution in [0.4, 0.5) is 11.4 Å². The minimum Gasteiger partial charge on any atom is -0.497 e. The summed E-state index contributed by atoms with van der Waals surface area (Å²) in [5, 5.41) is 3.58. The quantitative estimate of drug-likeness (QED) is 0.815. The summed E-state index contributed by atoms with van der Waals surface area (Å²) < 4.78 is 5.36. The first kappa shape index (κ1) is 17.8. The van der Waals surface area contributed by atoms with E-state index in [1.165, 1.54) is 10.5 Å². The largest absolute Gasteiger partial charge is 0.497 e. The minimum absolute atomic E-state index is 0.00433. The Bertz CT molecular complexity index is 907. The molecule has 2 aliphatic rings. The van der Waals surface area contributed by atoms with Crippen molar-refractivity contribution in [3.05, 3.63) is 59.9 Å². The van der Waals surface area contributed by atoms with E-state index in [-0.39, 0.29) is 6.17 Å². The van der Waals surface area contributed by atoms with Crippen LogP contribution in [-0.4, -0.2) is 50.8 Å². The van der Waals surface area contributed by atoms with E-state index in [4.69, 9.17) is 9.73 Å². The SMILES string of the molecule is COc1ccc2c(c1)NC(C1=CN(C)CC(c3ccc(SC)cc3)=N1)N2C. The van der Waals surface area contributed by atoms with E-state index in [0.717, 1.165) is 35.1 Å². The zero-order chi connectivity index (χ0) is 19.0. The Morgan fingerprint density at radius 2 is 1.93 bits per heavy atom. The third-order valence-electron chi connectivity index (χ3n) is 4.98. The molecule has 0 radical (unpaired) electrons. The molecule has 4 rings (SSSR count). The Kier molecular flexibility index (Phi) is 4.74. The van der Waals surface area contributed by atoms with Crippen LogP contribution in [0.3, 0.4) is 0 Å². The highest BCUT2D eigenvalue weighted by Gasteiger charge is 2.31. The van der Waals surface area contributed by atoms with Crippen molar-refractivity contribution in [3.8, 4) is 5.75 Å². The normalized spacial score (nSPS) is 18.6. The molecular weight excluding hydrogens is 356 g/mol. The molecular formula is C21H24N4OS. The van der Waals surface area contributed by atoms with E-state index in [1.54, 1.807) is 18.9 Å². The zero-order valence-corrected chi connectivity index (χ0v) is 16.9. The third-order valence-corrected chi connectivity index (χ3v) is 5.73. The molecule has 0 saturated carbocycles. The maximum absolute atomic E-state index is 5.36. The number of hydrogen-bond acceptors (Lipinski definition) is 6. The second-order valence-electron chi connectivity index (χ2n) is 6.80. The van der Waals surface area contributed by atoms with Crippen molar-refractivity contribution in [2.24, 2.45) is 4.99 Å². The van der Waals surface area contributed by atoms with Crippen molar-refractivity contribution in [2.75, 3.05) is 44.2 Å². The smallest absolute Gasteiger partial charge is 0.144 e. The molecule has 2 aliphatic heterocycles. The van der Waals surface area contributed by atoms with Crippen molar-refractivity contribution in [1.29, 1.82) is 0 Å². The van der Waals surface area contributed by atoms with Crippen LogP contribution in [0.25, 0.3) is 0 Å². The Morgan fingerprint density at radius 1 is 1.15 bits per heavy atom. The summed E-state index contributed by atoms with van der Waals surface area (Å²) >= 11 is 1.75. The highest BCUT2D eigenvalue weighted by molar-refractivity contribution is 7.98. The Morgan fingerprint density at radius 3 is 2.63 bits per heavy atom. The number of hydrogen-bond donors (Lipinski definition) is 1. The van der Waals surface area contributed by atoms with Crippen molar-refractivity contribution in [2.45, 2.75) is 11.1 Å². The molecule has 1 atom stereocenters. The van der Waals surface area contributed by atoms with E-state index in [2.05, 4.69) is 72.0 Å². The Hall–Kier alpha value is -2.60. The van der Waals surface area contributed by atoms with Crippen molar-refractivity contribution >= 4 is 28.8 Å². The molecule has 0 aliphatic carbocycles. The fraction of sp³-hybridized carbons (Fsp3) is 0.286. The Balaban J connectivity index is 1.63. The predicted octanol–water partition coefficient (Wildman–Crippen LogP) is 3.88. The first-order valence-electron chi connectivity index (χ1n) is 8.90. The second-order valence-corrected chi connectivity index (χ2v) is 7.68. The zero-order valence-electron chi connectivity index (χ0n) is 16.1. The van der Waals surface area contributed by atoms with Crippen LogP contribution in [0.5, 0.6) is 5.75 Å². The molecule has 2 aromatic carbocycles. The summed E-state index contributed by atoms with van der Waals surface area (Å²) in [7, 11) is 5.87. The average molecular weight is 381 g/mol. The molecule has 0 saturated heterocycles. The number of methoxy groups -OCH3 is 1. The van der Waals surface area contributed by atoms with Crippen molar-refractivity contribution < 1.29 is 4.74 Å². The molecule has 0 fully saturated rings. The first-order valence-corrected chi connectivity index (χ1v) is 10.1. The lowest BCUT2D eigenvalue weighted by Crippen LogP contribution is -2.37. The molecule has 1 unspecified atom stereocenters. The van der Waals surface area contributed by atoms with Gasteiger partial charge in [0.15, 0.2) is 0 Å². The number of nitrogens with one attached hydrogen (secondary N) is 1. The van der Waals surface area contributed by atoms with Gasteiger partial charge in [-0.2, -0.15) is 0 Å². The molecule has 0 bridgehead atoms.